The molecule has 0 radical (unpaired) electrons. The topological polar surface area (TPSA) is 34.0 Å². The number of piperidine rings is 3. The molecule has 0 spiro atoms. The normalized spacial score (nSPS) is 26.9. The number of aromatic nitrogens is 3. The molecule has 3 aliphatic heterocycles. The minimum absolute atomic E-state index is 0.531. The zero-order chi connectivity index (χ0) is 15.4. The molecule has 5 heteroatoms. The van der Waals surface area contributed by atoms with E-state index in [9.17, 15) is 0 Å². The van der Waals surface area contributed by atoms with Gasteiger partial charge in [-0.05, 0) is 44.8 Å². The van der Waals surface area contributed by atoms with E-state index in [1.54, 1.807) is 11.3 Å². The van der Waals surface area contributed by atoms with Gasteiger partial charge >= 0.3 is 0 Å². The Morgan fingerprint density at radius 3 is 2.74 bits per heavy atom. The van der Waals surface area contributed by atoms with Crippen LogP contribution in [0.15, 0.2) is 30.6 Å². The monoisotopic (exact) mass is 324 g/mol. The Hall–Kier alpha value is -1.72. The number of hydrogen-bond donors (Lipinski definition) is 0. The van der Waals surface area contributed by atoms with Gasteiger partial charge in [-0.1, -0.05) is 12.1 Å². The van der Waals surface area contributed by atoms with E-state index in [1.165, 1.54) is 47.3 Å². The van der Waals surface area contributed by atoms with Gasteiger partial charge in [0.1, 0.15) is 5.01 Å². The smallest absolute Gasteiger partial charge is 0.123 e. The van der Waals surface area contributed by atoms with Gasteiger partial charge < -0.3 is 4.90 Å². The zero-order valence-corrected chi connectivity index (χ0v) is 14.1. The van der Waals surface area contributed by atoms with Crippen LogP contribution in [-0.4, -0.2) is 39.3 Å². The minimum atomic E-state index is 0.531. The van der Waals surface area contributed by atoms with Gasteiger partial charge in [-0.2, -0.15) is 5.10 Å². The van der Waals surface area contributed by atoms with Gasteiger partial charge in [-0.15, -0.1) is 11.3 Å². The molecule has 2 bridgehead atoms. The van der Waals surface area contributed by atoms with E-state index in [-0.39, 0.29) is 0 Å². The van der Waals surface area contributed by atoms with Crippen LogP contribution in [0.1, 0.15) is 23.8 Å². The highest BCUT2D eigenvalue weighted by molar-refractivity contribution is 7.14. The molecule has 0 aliphatic carbocycles. The molecular formula is C18H20N4S. The summed E-state index contributed by atoms with van der Waals surface area (Å²) >= 11 is 1.76. The van der Waals surface area contributed by atoms with E-state index in [0.29, 0.717) is 6.04 Å². The van der Waals surface area contributed by atoms with Crippen molar-refractivity contribution >= 4 is 22.2 Å². The van der Waals surface area contributed by atoms with Gasteiger partial charge in [0.25, 0.3) is 0 Å². The first-order valence-electron chi connectivity index (χ1n) is 8.40. The van der Waals surface area contributed by atoms with Gasteiger partial charge in [-0.25, -0.2) is 4.98 Å². The van der Waals surface area contributed by atoms with Crippen molar-refractivity contribution in [3.8, 4) is 10.6 Å². The Balaban J connectivity index is 1.59. The van der Waals surface area contributed by atoms with Crippen molar-refractivity contribution in [1.29, 1.82) is 0 Å². The van der Waals surface area contributed by atoms with E-state index in [1.807, 2.05) is 12.4 Å². The summed E-state index contributed by atoms with van der Waals surface area (Å²) in [7, 11) is 0. The zero-order valence-electron chi connectivity index (χ0n) is 13.3. The number of fused-ring (bicyclic) bond motifs is 4. The van der Waals surface area contributed by atoms with Crippen LogP contribution in [0.25, 0.3) is 21.5 Å². The standard InChI is InChI=1S/C18H20N4S/c1-12-9-19-18(23-12)14-2-3-15-10-20-22(16(15)8-14)17-11-21-6-4-13(17)5-7-21/h2-3,8-10,13,17H,4-7,11H2,1H3/t17-/m1/s1. The van der Waals surface area contributed by atoms with Crippen molar-refractivity contribution in [2.75, 3.05) is 19.6 Å². The summed E-state index contributed by atoms with van der Waals surface area (Å²) in [6, 6.07) is 7.16. The van der Waals surface area contributed by atoms with Gasteiger partial charge in [0, 0.05) is 28.6 Å². The second kappa shape index (κ2) is 5.14. The Bertz CT molecular complexity index is 857. The van der Waals surface area contributed by atoms with E-state index >= 15 is 0 Å². The lowest BCUT2D eigenvalue weighted by Gasteiger charge is -2.44. The predicted molar refractivity (Wildman–Crippen MR) is 93.8 cm³/mol. The summed E-state index contributed by atoms with van der Waals surface area (Å²) in [5, 5.41) is 7.09. The van der Waals surface area contributed by atoms with Crippen LogP contribution in [-0.2, 0) is 0 Å². The van der Waals surface area contributed by atoms with Gasteiger partial charge in [-0.3, -0.25) is 4.68 Å². The maximum absolute atomic E-state index is 4.75. The van der Waals surface area contributed by atoms with Gasteiger partial charge in [0.15, 0.2) is 0 Å². The largest absolute Gasteiger partial charge is 0.301 e. The number of hydrogen-bond acceptors (Lipinski definition) is 4. The molecule has 5 heterocycles. The third-order valence-electron chi connectivity index (χ3n) is 5.40. The van der Waals surface area contributed by atoms with Crippen LogP contribution in [0.4, 0.5) is 0 Å². The van der Waals surface area contributed by atoms with Crippen molar-refractivity contribution < 1.29 is 0 Å². The first-order chi connectivity index (χ1) is 11.3. The van der Waals surface area contributed by atoms with E-state index < -0.39 is 0 Å². The lowest BCUT2D eigenvalue weighted by molar-refractivity contribution is 0.0534. The summed E-state index contributed by atoms with van der Waals surface area (Å²) in [5.41, 5.74) is 2.47. The molecule has 3 saturated heterocycles. The average Bonchev–Trinajstić information content (AvgIpc) is 3.21. The fourth-order valence-corrected chi connectivity index (χ4v) is 4.89. The SMILES string of the molecule is Cc1cnc(-c2ccc3cnn([C@@H]4CN5CCC4CC5)c3c2)s1. The van der Waals surface area contributed by atoms with E-state index in [4.69, 9.17) is 5.10 Å². The fraction of sp³-hybridized carbons (Fsp3) is 0.444. The molecule has 3 aliphatic rings. The Labute approximate surface area is 139 Å². The average molecular weight is 324 g/mol. The van der Waals surface area contributed by atoms with Crippen molar-refractivity contribution in [3.63, 3.8) is 0 Å². The Kier molecular flexibility index (Phi) is 3.06. The summed E-state index contributed by atoms with van der Waals surface area (Å²) < 4.78 is 2.29. The molecule has 2 aromatic heterocycles. The molecular weight excluding hydrogens is 304 g/mol. The highest BCUT2D eigenvalue weighted by atomic mass is 32.1. The van der Waals surface area contributed by atoms with Crippen LogP contribution in [0.5, 0.6) is 0 Å². The van der Waals surface area contributed by atoms with Crippen molar-refractivity contribution in [1.82, 2.24) is 19.7 Å². The third kappa shape index (κ3) is 2.22. The first-order valence-corrected chi connectivity index (χ1v) is 9.22. The lowest BCUT2D eigenvalue weighted by atomic mass is 9.84. The summed E-state index contributed by atoms with van der Waals surface area (Å²) in [5.74, 6) is 0.786. The van der Waals surface area contributed by atoms with Crippen LogP contribution in [0.3, 0.4) is 0 Å². The molecule has 1 aromatic carbocycles. The van der Waals surface area contributed by atoms with Crippen LogP contribution < -0.4 is 0 Å². The number of benzene rings is 1. The highest BCUT2D eigenvalue weighted by Crippen LogP contribution is 2.37. The Morgan fingerprint density at radius 2 is 2.04 bits per heavy atom. The maximum Gasteiger partial charge on any atom is 0.123 e. The molecule has 3 aromatic rings. The first kappa shape index (κ1) is 13.7. The molecule has 0 amide bonds. The predicted octanol–water partition coefficient (Wildman–Crippen LogP) is 3.73. The number of thiazole rings is 1. The second-order valence-corrected chi connectivity index (χ2v) is 8.08. The third-order valence-corrected chi connectivity index (χ3v) is 6.36. The van der Waals surface area contributed by atoms with Crippen molar-refractivity contribution in [2.24, 2.45) is 5.92 Å². The maximum atomic E-state index is 4.75. The molecule has 3 fully saturated rings. The minimum Gasteiger partial charge on any atom is -0.301 e. The molecule has 118 valence electrons. The number of aryl methyl sites for hydroxylation is 1. The molecule has 0 saturated carbocycles. The quantitative estimate of drug-likeness (QED) is 0.720. The molecule has 1 atom stereocenters. The fourth-order valence-electron chi connectivity index (χ4n) is 4.13. The summed E-state index contributed by atoms with van der Waals surface area (Å²) in [6.45, 7) is 5.80. The van der Waals surface area contributed by atoms with Crippen LogP contribution >= 0.6 is 11.3 Å². The van der Waals surface area contributed by atoms with Crippen LogP contribution in [0, 0.1) is 12.8 Å². The van der Waals surface area contributed by atoms with E-state index in [0.717, 1.165) is 17.5 Å². The molecule has 23 heavy (non-hydrogen) atoms. The van der Waals surface area contributed by atoms with Gasteiger partial charge in [0.2, 0.25) is 0 Å². The summed E-state index contributed by atoms with van der Waals surface area (Å²) in [4.78, 5) is 8.38. The van der Waals surface area contributed by atoms with Crippen molar-refractivity contribution in [3.05, 3.63) is 35.5 Å². The summed E-state index contributed by atoms with van der Waals surface area (Å²) in [6.07, 6.45) is 6.60. The van der Waals surface area contributed by atoms with E-state index in [2.05, 4.69) is 39.7 Å². The lowest BCUT2D eigenvalue weighted by Crippen LogP contribution is -2.48. The second-order valence-electron chi connectivity index (χ2n) is 6.84. The number of rotatable bonds is 2. The molecule has 0 N–H and O–H groups in total. The Morgan fingerprint density at radius 1 is 1.17 bits per heavy atom. The molecule has 4 nitrogen and oxygen atoms in total. The molecule has 0 unspecified atom stereocenters. The van der Waals surface area contributed by atoms with Crippen LogP contribution in [0.2, 0.25) is 0 Å². The number of nitrogens with zero attached hydrogens (tertiary/aromatic N) is 4. The van der Waals surface area contributed by atoms with Gasteiger partial charge in [0.05, 0.1) is 17.8 Å². The van der Waals surface area contributed by atoms with Crippen molar-refractivity contribution in [2.45, 2.75) is 25.8 Å². The highest BCUT2D eigenvalue weighted by Gasteiger charge is 2.36. The molecule has 6 rings (SSSR count).